The van der Waals surface area contributed by atoms with Gasteiger partial charge >= 0.3 is 5.69 Å². The second-order valence-corrected chi connectivity index (χ2v) is 12.2. The number of nitrogens with zero attached hydrogens (tertiary/aromatic N) is 6. The molecule has 0 saturated carbocycles. The number of aryl methyl sites for hydroxylation is 2. The SMILES string of the molecule is Cn1c(=O)c2c(ncn2CCCN2CCN(CC(O)CS(=O)(=O)c3ccc(Br)cc3)CC2)n(C)c1=O. The molecule has 36 heavy (non-hydrogen) atoms. The Hall–Kier alpha value is -2.32. The molecule has 0 bridgehead atoms. The molecule has 1 aromatic carbocycles. The van der Waals surface area contributed by atoms with E-state index >= 15 is 0 Å². The summed E-state index contributed by atoms with van der Waals surface area (Å²) < 4.78 is 30.2. The van der Waals surface area contributed by atoms with Crippen LogP contribution in [0.25, 0.3) is 11.2 Å². The first-order valence-corrected chi connectivity index (χ1v) is 14.2. The maximum Gasteiger partial charge on any atom is 0.332 e. The van der Waals surface area contributed by atoms with Crippen LogP contribution in [0.1, 0.15) is 6.42 Å². The van der Waals surface area contributed by atoms with Crippen LogP contribution in [0.3, 0.4) is 0 Å². The summed E-state index contributed by atoms with van der Waals surface area (Å²) in [6, 6.07) is 6.43. The molecule has 1 fully saturated rings. The lowest BCUT2D eigenvalue weighted by Crippen LogP contribution is -2.49. The molecule has 196 valence electrons. The van der Waals surface area contributed by atoms with Crippen molar-refractivity contribution in [1.29, 1.82) is 0 Å². The average Bonchev–Trinajstić information content (AvgIpc) is 3.26. The van der Waals surface area contributed by atoms with Crippen LogP contribution in [0.15, 0.2) is 49.6 Å². The molecule has 1 N–H and O–H groups in total. The Bertz CT molecular complexity index is 1440. The fourth-order valence-electron chi connectivity index (χ4n) is 4.57. The van der Waals surface area contributed by atoms with Crippen LogP contribution >= 0.6 is 15.9 Å². The van der Waals surface area contributed by atoms with Crippen molar-refractivity contribution in [2.24, 2.45) is 14.1 Å². The quantitative estimate of drug-likeness (QED) is 0.375. The molecule has 13 heteroatoms. The smallest absolute Gasteiger partial charge is 0.332 e. The molecule has 1 atom stereocenters. The molecule has 1 unspecified atom stereocenters. The van der Waals surface area contributed by atoms with Gasteiger partial charge in [0.2, 0.25) is 0 Å². The van der Waals surface area contributed by atoms with Crippen LogP contribution in [0.2, 0.25) is 0 Å². The van der Waals surface area contributed by atoms with E-state index in [9.17, 15) is 23.1 Å². The van der Waals surface area contributed by atoms with E-state index in [0.29, 0.717) is 24.3 Å². The average molecular weight is 584 g/mol. The first-order valence-electron chi connectivity index (χ1n) is 11.8. The number of hydrogen-bond acceptors (Lipinski definition) is 8. The Labute approximate surface area is 217 Å². The summed E-state index contributed by atoms with van der Waals surface area (Å²) in [7, 11) is -0.484. The van der Waals surface area contributed by atoms with Gasteiger partial charge in [0.1, 0.15) is 0 Å². The number of β-amino-alcohol motifs (C(OH)–C–C–N with tert-alkyl or cyclic N) is 1. The molecule has 2 aromatic heterocycles. The van der Waals surface area contributed by atoms with Crippen LogP contribution in [-0.4, -0.2) is 93.1 Å². The number of aliphatic hydroxyl groups is 1. The predicted molar refractivity (Wildman–Crippen MR) is 140 cm³/mol. The molecule has 3 aromatic rings. The van der Waals surface area contributed by atoms with E-state index in [1.165, 1.54) is 23.7 Å². The van der Waals surface area contributed by atoms with E-state index in [1.807, 2.05) is 0 Å². The van der Waals surface area contributed by atoms with Gasteiger partial charge in [0.15, 0.2) is 21.0 Å². The summed E-state index contributed by atoms with van der Waals surface area (Å²) in [4.78, 5) is 33.5. The Kier molecular flexibility index (Phi) is 8.15. The number of aliphatic hydroxyl groups excluding tert-OH is 1. The Morgan fingerprint density at radius 1 is 1.00 bits per heavy atom. The molecule has 1 aliphatic heterocycles. The zero-order chi connectivity index (χ0) is 26.0. The summed E-state index contributed by atoms with van der Waals surface area (Å²) >= 11 is 3.30. The van der Waals surface area contributed by atoms with Crippen molar-refractivity contribution in [1.82, 2.24) is 28.5 Å². The molecule has 1 aliphatic rings. The monoisotopic (exact) mass is 582 g/mol. The summed E-state index contributed by atoms with van der Waals surface area (Å²) in [5, 5.41) is 10.4. The van der Waals surface area contributed by atoms with Gasteiger partial charge < -0.3 is 14.6 Å². The number of sulfone groups is 1. The van der Waals surface area contributed by atoms with Crippen LogP contribution in [-0.2, 0) is 30.5 Å². The minimum atomic E-state index is -3.56. The standard InChI is InChI=1S/C23H31BrN6O5S/c1-26-21-20(22(32)27(2)23(26)33)30(16-25-21)9-3-8-28-10-12-29(13-11-28)14-18(31)15-36(34,35)19-6-4-17(24)5-7-19/h4-7,16,18,31H,3,8-15H2,1-2H3. The van der Waals surface area contributed by atoms with Crippen molar-refractivity contribution >= 4 is 36.9 Å². The summed E-state index contributed by atoms with van der Waals surface area (Å²) in [5.74, 6) is -0.307. The van der Waals surface area contributed by atoms with Gasteiger partial charge in [0, 0.05) is 57.8 Å². The predicted octanol–water partition coefficient (Wildman–Crippen LogP) is 0.0387. The maximum atomic E-state index is 12.6. The van der Waals surface area contributed by atoms with Crippen LogP contribution in [0, 0.1) is 0 Å². The van der Waals surface area contributed by atoms with Crippen molar-refractivity contribution in [2.75, 3.05) is 45.0 Å². The maximum absolute atomic E-state index is 12.6. The second-order valence-electron chi connectivity index (χ2n) is 9.20. The van der Waals surface area contributed by atoms with Crippen molar-refractivity contribution in [3.63, 3.8) is 0 Å². The van der Waals surface area contributed by atoms with Gasteiger partial charge in [-0.3, -0.25) is 18.8 Å². The fraction of sp³-hybridized carbons (Fsp3) is 0.522. The number of imidazole rings is 1. The molecular formula is C23H31BrN6O5S. The van der Waals surface area contributed by atoms with Crippen molar-refractivity contribution < 1.29 is 13.5 Å². The molecule has 0 amide bonds. The van der Waals surface area contributed by atoms with Crippen LogP contribution in [0.4, 0.5) is 0 Å². The molecule has 0 radical (unpaired) electrons. The van der Waals surface area contributed by atoms with Crippen molar-refractivity contribution in [2.45, 2.75) is 24.0 Å². The summed E-state index contributed by atoms with van der Waals surface area (Å²) in [5.41, 5.74) is 0.0699. The third-order valence-electron chi connectivity index (χ3n) is 6.61. The number of halogens is 1. The Balaban J connectivity index is 1.24. The number of aromatic nitrogens is 4. The van der Waals surface area contributed by atoms with Gasteiger partial charge in [0.25, 0.3) is 5.56 Å². The van der Waals surface area contributed by atoms with Gasteiger partial charge in [-0.25, -0.2) is 18.2 Å². The Morgan fingerprint density at radius 2 is 1.64 bits per heavy atom. The van der Waals surface area contributed by atoms with Gasteiger partial charge in [-0.1, -0.05) is 15.9 Å². The molecular weight excluding hydrogens is 552 g/mol. The van der Waals surface area contributed by atoms with Crippen LogP contribution < -0.4 is 11.2 Å². The number of benzene rings is 1. The van der Waals surface area contributed by atoms with Gasteiger partial charge in [0.05, 0.1) is 23.1 Å². The molecule has 11 nitrogen and oxygen atoms in total. The van der Waals surface area contributed by atoms with Crippen molar-refractivity contribution in [3.05, 3.63) is 55.9 Å². The molecule has 3 heterocycles. The van der Waals surface area contributed by atoms with E-state index < -0.39 is 21.6 Å². The highest BCUT2D eigenvalue weighted by atomic mass is 79.9. The first kappa shape index (κ1) is 26.7. The number of rotatable bonds is 9. The minimum absolute atomic E-state index is 0.209. The number of fused-ring (bicyclic) bond motifs is 1. The highest BCUT2D eigenvalue weighted by Gasteiger charge is 2.24. The number of hydrogen-bond donors (Lipinski definition) is 1. The van der Waals surface area contributed by atoms with Crippen molar-refractivity contribution in [3.8, 4) is 0 Å². The zero-order valence-electron chi connectivity index (χ0n) is 20.4. The lowest BCUT2D eigenvalue weighted by molar-refractivity contribution is 0.0811. The van der Waals surface area contributed by atoms with Gasteiger partial charge in [-0.2, -0.15) is 0 Å². The minimum Gasteiger partial charge on any atom is -0.391 e. The van der Waals surface area contributed by atoms with E-state index in [-0.39, 0.29) is 16.2 Å². The fourth-order valence-corrected chi connectivity index (χ4v) is 6.19. The summed E-state index contributed by atoms with van der Waals surface area (Å²) in [6.45, 7) is 4.86. The summed E-state index contributed by atoms with van der Waals surface area (Å²) in [6.07, 6.45) is 1.46. The molecule has 4 rings (SSSR count). The largest absolute Gasteiger partial charge is 0.391 e. The lowest BCUT2D eigenvalue weighted by atomic mass is 10.2. The van der Waals surface area contributed by atoms with E-state index in [1.54, 1.807) is 30.1 Å². The third-order valence-corrected chi connectivity index (χ3v) is 8.95. The Morgan fingerprint density at radius 3 is 2.31 bits per heavy atom. The zero-order valence-corrected chi connectivity index (χ0v) is 22.8. The lowest BCUT2D eigenvalue weighted by Gasteiger charge is -2.35. The van der Waals surface area contributed by atoms with E-state index in [0.717, 1.165) is 48.2 Å². The molecule has 0 spiro atoms. The van der Waals surface area contributed by atoms with Gasteiger partial charge in [-0.15, -0.1) is 0 Å². The second kappa shape index (κ2) is 11.0. The van der Waals surface area contributed by atoms with Crippen LogP contribution in [0.5, 0.6) is 0 Å². The topological polar surface area (TPSA) is 123 Å². The van der Waals surface area contributed by atoms with E-state index in [4.69, 9.17) is 0 Å². The normalized spacial score (nSPS) is 16.6. The third kappa shape index (κ3) is 5.80. The molecule has 0 aliphatic carbocycles. The molecule has 1 saturated heterocycles. The first-order chi connectivity index (χ1) is 17.1. The van der Waals surface area contributed by atoms with Gasteiger partial charge in [-0.05, 0) is 37.2 Å². The van der Waals surface area contributed by atoms with E-state index in [2.05, 4.69) is 30.7 Å². The highest BCUT2D eigenvalue weighted by molar-refractivity contribution is 9.10. The number of piperazine rings is 1. The highest BCUT2D eigenvalue weighted by Crippen LogP contribution is 2.17.